The van der Waals surface area contributed by atoms with E-state index in [9.17, 15) is 19.7 Å². The third-order valence-electron chi connectivity index (χ3n) is 5.32. The summed E-state index contributed by atoms with van der Waals surface area (Å²) in [6.07, 6.45) is 0.613. The fourth-order valence-corrected chi connectivity index (χ4v) is 3.48. The quantitative estimate of drug-likeness (QED) is 0.324. The lowest BCUT2D eigenvalue weighted by atomic mass is 10.0. The van der Waals surface area contributed by atoms with Crippen LogP contribution >= 0.6 is 0 Å². The number of phenols is 1. The number of halogens is 1. The lowest BCUT2D eigenvalue weighted by molar-refractivity contribution is 0.123. The number of hydrogen-bond donors (Lipinski definition) is 4. The fourth-order valence-electron chi connectivity index (χ4n) is 3.48. The van der Waals surface area contributed by atoms with Gasteiger partial charge in [0.25, 0.3) is 0 Å². The van der Waals surface area contributed by atoms with E-state index in [4.69, 9.17) is 4.74 Å². The van der Waals surface area contributed by atoms with Crippen molar-refractivity contribution in [3.8, 4) is 5.75 Å². The van der Waals surface area contributed by atoms with E-state index in [1.807, 2.05) is 18.2 Å². The first-order chi connectivity index (χ1) is 15.6. The van der Waals surface area contributed by atoms with Crippen LogP contribution in [0.4, 0.5) is 4.39 Å². The van der Waals surface area contributed by atoms with Crippen molar-refractivity contribution >= 4 is 0 Å². The molecule has 170 valence electrons. The van der Waals surface area contributed by atoms with Crippen LogP contribution in [0.1, 0.15) is 33.9 Å². The van der Waals surface area contributed by atoms with E-state index in [-0.39, 0.29) is 18.2 Å². The van der Waals surface area contributed by atoms with Crippen molar-refractivity contribution in [1.82, 2.24) is 5.32 Å². The van der Waals surface area contributed by atoms with Gasteiger partial charge < -0.3 is 25.4 Å². The molecule has 1 atom stereocenters. The molecular weight excluding hydrogens is 409 g/mol. The van der Waals surface area contributed by atoms with Crippen LogP contribution in [0.2, 0.25) is 0 Å². The van der Waals surface area contributed by atoms with Gasteiger partial charge >= 0.3 is 0 Å². The second kappa shape index (κ2) is 12.3. The second-order valence-corrected chi connectivity index (χ2v) is 7.73. The van der Waals surface area contributed by atoms with Gasteiger partial charge in [-0.25, -0.2) is 4.39 Å². The molecule has 6 heteroatoms. The summed E-state index contributed by atoms with van der Waals surface area (Å²) in [6.45, 7) is 1.72. The summed E-state index contributed by atoms with van der Waals surface area (Å²) in [5.74, 6) is -0.178. The zero-order valence-electron chi connectivity index (χ0n) is 18.0. The van der Waals surface area contributed by atoms with E-state index in [2.05, 4.69) is 17.4 Å². The Kier molecular flexibility index (Phi) is 9.19. The molecule has 3 aromatic rings. The van der Waals surface area contributed by atoms with Gasteiger partial charge in [0, 0.05) is 12.1 Å². The van der Waals surface area contributed by atoms with Crippen LogP contribution in [0.25, 0.3) is 0 Å². The van der Waals surface area contributed by atoms with Gasteiger partial charge in [-0.05, 0) is 59.8 Å². The molecule has 1 unspecified atom stereocenters. The molecule has 0 radical (unpaired) electrons. The Morgan fingerprint density at radius 2 is 1.72 bits per heavy atom. The number of benzene rings is 3. The van der Waals surface area contributed by atoms with Crippen LogP contribution in [0.5, 0.6) is 5.75 Å². The summed E-state index contributed by atoms with van der Waals surface area (Å²) in [5, 5.41) is 32.4. The number of ether oxygens (including phenoxy) is 1. The third-order valence-corrected chi connectivity index (χ3v) is 5.32. The molecule has 0 fully saturated rings. The molecule has 0 saturated heterocycles. The first-order valence-corrected chi connectivity index (χ1v) is 10.8. The van der Waals surface area contributed by atoms with Crippen molar-refractivity contribution in [3.63, 3.8) is 0 Å². The largest absolute Gasteiger partial charge is 0.508 e. The minimum atomic E-state index is -0.727. The molecular formula is C26H30FNO4. The monoisotopic (exact) mass is 439 g/mol. The van der Waals surface area contributed by atoms with Gasteiger partial charge in [0.15, 0.2) is 0 Å². The number of nitrogens with one attached hydrogen (secondary N) is 1. The summed E-state index contributed by atoms with van der Waals surface area (Å²) < 4.78 is 19.4. The second-order valence-electron chi connectivity index (χ2n) is 7.73. The molecule has 0 saturated carbocycles. The van der Waals surface area contributed by atoms with E-state index in [1.54, 1.807) is 24.3 Å². The third kappa shape index (κ3) is 7.14. The lowest BCUT2D eigenvalue weighted by Crippen LogP contribution is -2.23. The topological polar surface area (TPSA) is 82.0 Å². The van der Waals surface area contributed by atoms with Crippen LogP contribution in [-0.2, 0) is 30.8 Å². The highest BCUT2D eigenvalue weighted by molar-refractivity contribution is 5.36. The van der Waals surface area contributed by atoms with Crippen LogP contribution in [0.15, 0.2) is 66.7 Å². The highest BCUT2D eigenvalue weighted by atomic mass is 19.1. The summed E-state index contributed by atoms with van der Waals surface area (Å²) >= 11 is 0. The zero-order valence-corrected chi connectivity index (χ0v) is 18.0. The lowest BCUT2D eigenvalue weighted by Gasteiger charge is -2.14. The van der Waals surface area contributed by atoms with Crippen LogP contribution in [0.3, 0.4) is 0 Å². The van der Waals surface area contributed by atoms with E-state index in [0.717, 1.165) is 17.5 Å². The molecule has 0 amide bonds. The predicted molar refractivity (Wildman–Crippen MR) is 122 cm³/mol. The molecule has 0 aliphatic heterocycles. The van der Waals surface area contributed by atoms with Gasteiger partial charge in [-0.3, -0.25) is 0 Å². The van der Waals surface area contributed by atoms with Gasteiger partial charge in [0.2, 0.25) is 0 Å². The first kappa shape index (κ1) is 23.9. The fraction of sp³-hybridized carbons (Fsp3) is 0.308. The van der Waals surface area contributed by atoms with Gasteiger partial charge in [0.05, 0.1) is 25.9 Å². The zero-order chi connectivity index (χ0) is 22.8. The molecule has 5 nitrogen and oxygen atoms in total. The summed E-state index contributed by atoms with van der Waals surface area (Å²) in [6, 6.07) is 19.6. The number of hydrogen-bond acceptors (Lipinski definition) is 5. The Balaban J connectivity index is 1.38. The molecule has 4 N–H and O–H groups in total. The average molecular weight is 440 g/mol. The van der Waals surface area contributed by atoms with E-state index in [0.29, 0.717) is 49.4 Å². The van der Waals surface area contributed by atoms with E-state index < -0.39 is 6.10 Å². The number of rotatable bonds is 12. The summed E-state index contributed by atoms with van der Waals surface area (Å²) in [7, 11) is 0. The van der Waals surface area contributed by atoms with Crippen molar-refractivity contribution in [2.75, 3.05) is 19.7 Å². The highest BCUT2D eigenvalue weighted by Crippen LogP contribution is 2.22. The number of aliphatic hydroxyl groups is 2. The minimum Gasteiger partial charge on any atom is -0.508 e. The summed E-state index contributed by atoms with van der Waals surface area (Å²) in [5.41, 5.74) is 3.93. The van der Waals surface area contributed by atoms with E-state index >= 15 is 0 Å². The SMILES string of the molecule is OCc1cc(C(O)CNCCc2cccc(COCCc3ccccc3F)c2)ccc1O. The molecule has 32 heavy (non-hydrogen) atoms. The molecule has 3 aromatic carbocycles. The Morgan fingerprint density at radius 3 is 2.53 bits per heavy atom. The van der Waals surface area contributed by atoms with Crippen molar-refractivity contribution < 1.29 is 24.4 Å². The Labute approximate surface area is 188 Å². The maximum Gasteiger partial charge on any atom is 0.126 e. The molecule has 0 aliphatic rings. The Morgan fingerprint density at radius 1 is 0.906 bits per heavy atom. The van der Waals surface area contributed by atoms with Crippen molar-refractivity contribution in [3.05, 3.63) is 100 Å². The van der Waals surface area contributed by atoms with E-state index in [1.165, 1.54) is 12.1 Å². The van der Waals surface area contributed by atoms with Gasteiger partial charge in [-0.2, -0.15) is 0 Å². The normalized spacial score (nSPS) is 12.1. The van der Waals surface area contributed by atoms with Gasteiger partial charge in [-0.15, -0.1) is 0 Å². The summed E-state index contributed by atoms with van der Waals surface area (Å²) in [4.78, 5) is 0. The van der Waals surface area contributed by atoms with Crippen LogP contribution in [-0.4, -0.2) is 35.0 Å². The molecule has 0 aliphatic carbocycles. The van der Waals surface area contributed by atoms with Crippen molar-refractivity contribution in [2.24, 2.45) is 0 Å². The van der Waals surface area contributed by atoms with Gasteiger partial charge in [-0.1, -0.05) is 48.5 Å². The Hall–Kier alpha value is -2.77. The molecule has 0 bridgehead atoms. The first-order valence-electron chi connectivity index (χ1n) is 10.8. The number of aliphatic hydroxyl groups excluding tert-OH is 2. The smallest absolute Gasteiger partial charge is 0.126 e. The predicted octanol–water partition coefficient (Wildman–Crippen LogP) is 3.65. The average Bonchev–Trinajstić information content (AvgIpc) is 2.81. The van der Waals surface area contributed by atoms with Gasteiger partial charge in [0.1, 0.15) is 11.6 Å². The van der Waals surface area contributed by atoms with Crippen molar-refractivity contribution in [1.29, 1.82) is 0 Å². The molecule has 3 rings (SSSR count). The maximum absolute atomic E-state index is 13.6. The molecule has 0 aromatic heterocycles. The minimum absolute atomic E-state index is 0.0208. The standard InChI is InChI=1S/C26H30FNO4/c27-24-7-2-1-6-21(24)11-13-32-18-20-5-3-4-19(14-20)10-12-28-16-26(31)22-8-9-25(30)23(15-22)17-29/h1-9,14-15,26,28-31H,10-13,16-18H2. The number of aromatic hydroxyl groups is 1. The maximum atomic E-state index is 13.6. The highest BCUT2D eigenvalue weighted by Gasteiger charge is 2.10. The van der Waals surface area contributed by atoms with Crippen LogP contribution in [0, 0.1) is 5.82 Å². The molecule has 0 spiro atoms. The Bertz CT molecular complexity index is 995. The molecule has 0 heterocycles. The van der Waals surface area contributed by atoms with Crippen molar-refractivity contribution in [2.45, 2.75) is 32.2 Å². The van der Waals surface area contributed by atoms with Crippen LogP contribution < -0.4 is 5.32 Å².